The van der Waals surface area contributed by atoms with Crippen LogP contribution in [-0.4, -0.2) is 28.1 Å². The Labute approximate surface area is 146 Å². The summed E-state index contributed by atoms with van der Waals surface area (Å²) in [4.78, 5) is 11.5. The van der Waals surface area contributed by atoms with Crippen molar-refractivity contribution < 1.29 is 4.74 Å². The van der Waals surface area contributed by atoms with Crippen molar-refractivity contribution in [3.8, 4) is 5.75 Å². The van der Waals surface area contributed by atoms with E-state index in [2.05, 4.69) is 29.0 Å². The molecule has 0 spiro atoms. The van der Waals surface area contributed by atoms with E-state index in [0.29, 0.717) is 13.2 Å². The summed E-state index contributed by atoms with van der Waals surface area (Å²) >= 11 is 0. The summed E-state index contributed by atoms with van der Waals surface area (Å²) in [6, 6.07) is 12.2. The van der Waals surface area contributed by atoms with Gasteiger partial charge < -0.3 is 20.4 Å². The van der Waals surface area contributed by atoms with E-state index in [9.17, 15) is 0 Å². The molecule has 1 atom stereocenters. The van der Waals surface area contributed by atoms with E-state index in [1.54, 1.807) is 0 Å². The van der Waals surface area contributed by atoms with E-state index < -0.39 is 0 Å². The number of fused-ring (bicyclic) bond motifs is 2. The zero-order valence-electron chi connectivity index (χ0n) is 14.5. The lowest BCUT2D eigenvalue weighted by atomic mass is 9.92. The molecule has 0 bridgehead atoms. The molecule has 0 saturated carbocycles. The summed E-state index contributed by atoms with van der Waals surface area (Å²) in [5.74, 6) is 1.69. The topological polar surface area (TPSA) is 79.7 Å². The average Bonchev–Trinajstić information content (AvgIpc) is 3.25. The van der Waals surface area contributed by atoms with Gasteiger partial charge in [-0.15, -0.1) is 0 Å². The lowest BCUT2D eigenvalue weighted by Gasteiger charge is -2.19. The Kier molecular flexibility index (Phi) is 3.93. The molecule has 4 N–H and O–H groups in total. The van der Waals surface area contributed by atoms with Crippen LogP contribution in [0.3, 0.4) is 0 Å². The molecule has 0 saturated heterocycles. The van der Waals surface area contributed by atoms with Gasteiger partial charge in [-0.1, -0.05) is 12.1 Å². The first-order chi connectivity index (χ1) is 12.2. The fourth-order valence-electron chi connectivity index (χ4n) is 3.54. The zero-order chi connectivity index (χ0) is 17.4. The number of aryl methyl sites for hydroxylation is 1. The number of imidazole rings is 1. The minimum absolute atomic E-state index is 0.0622. The SMILES string of the molecule is CCOc1cc(C)c2[nH]ccc2c1C(CN)c1nc2ccccc2[nH]1. The van der Waals surface area contributed by atoms with Gasteiger partial charge in [-0.25, -0.2) is 4.98 Å². The Morgan fingerprint density at radius 1 is 1.24 bits per heavy atom. The third-order valence-electron chi connectivity index (χ3n) is 4.67. The maximum absolute atomic E-state index is 6.20. The standard InChI is InChI=1S/C20H22N4O/c1-3-25-17-10-12(2)19-13(8-9-22-19)18(17)14(11-21)20-23-15-6-4-5-7-16(15)24-20/h4-10,14,22H,3,11,21H2,1-2H3,(H,23,24). The number of hydrogen-bond donors (Lipinski definition) is 3. The van der Waals surface area contributed by atoms with Crippen LogP contribution in [-0.2, 0) is 0 Å². The van der Waals surface area contributed by atoms with Crippen LogP contribution in [0.15, 0.2) is 42.6 Å². The molecule has 0 aliphatic heterocycles. The maximum Gasteiger partial charge on any atom is 0.124 e. The second-order valence-corrected chi connectivity index (χ2v) is 6.23. The summed E-state index contributed by atoms with van der Waals surface area (Å²) < 4.78 is 5.96. The number of aromatic nitrogens is 3. The molecule has 2 heterocycles. The summed E-state index contributed by atoms with van der Waals surface area (Å²) in [6.07, 6.45) is 1.96. The van der Waals surface area contributed by atoms with E-state index in [-0.39, 0.29) is 5.92 Å². The Morgan fingerprint density at radius 3 is 2.84 bits per heavy atom. The van der Waals surface area contributed by atoms with Crippen molar-refractivity contribution in [2.45, 2.75) is 19.8 Å². The van der Waals surface area contributed by atoms with Gasteiger partial charge in [0, 0.05) is 29.2 Å². The van der Waals surface area contributed by atoms with Crippen molar-refractivity contribution in [2.75, 3.05) is 13.2 Å². The number of para-hydroxylation sites is 2. The highest BCUT2D eigenvalue weighted by Crippen LogP contribution is 2.38. The normalized spacial score (nSPS) is 12.8. The third-order valence-corrected chi connectivity index (χ3v) is 4.67. The van der Waals surface area contributed by atoms with Gasteiger partial charge in [0.15, 0.2) is 0 Å². The molecule has 5 heteroatoms. The molecule has 128 valence electrons. The van der Waals surface area contributed by atoms with Crippen molar-refractivity contribution in [3.05, 3.63) is 59.5 Å². The number of nitrogens with zero attached hydrogens (tertiary/aromatic N) is 1. The van der Waals surface area contributed by atoms with E-state index >= 15 is 0 Å². The quantitative estimate of drug-likeness (QED) is 0.519. The number of benzene rings is 2. The number of aromatic amines is 2. The van der Waals surface area contributed by atoms with Gasteiger partial charge in [0.2, 0.25) is 0 Å². The zero-order valence-corrected chi connectivity index (χ0v) is 14.5. The molecule has 5 nitrogen and oxygen atoms in total. The number of rotatable bonds is 5. The van der Waals surface area contributed by atoms with Crippen molar-refractivity contribution in [3.63, 3.8) is 0 Å². The molecule has 0 aliphatic carbocycles. The predicted octanol–water partition coefficient (Wildman–Crippen LogP) is 3.84. The third kappa shape index (κ3) is 2.57. The predicted molar refractivity (Wildman–Crippen MR) is 101 cm³/mol. The minimum atomic E-state index is -0.0622. The second kappa shape index (κ2) is 6.26. The maximum atomic E-state index is 6.20. The first kappa shape index (κ1) is 15.7. The lowest BCUT2D eigenvalue weighted by Crippen LogP contribution is -2.17. The van der Waals surface area contributed by atoms with Crippen LogP contribution in [0.1, 0.15) is 29.8 Å². The number of nitrogens with one attached hydrogen (secondary N) is 2. The van der Waals surface area contributed by atoms with Gasteiger partial charge in [0.05, 0.1) is 23.6 Å². The number of hydrogen-bond acceptors (Lipinski definition) is 3. The van der Waals surface area contributed by atoms with Crippen LogP contribution >= 0.6 is 0 Å². The van der Waals surface area contributed by atoms with Crippen molar-refractivity contribution in [1.82, 2.24) is 15.0 Å². The van der Waals surface area contributed by atoms with Crippen molar-refractivity contribution in [1.29, 1.82) is 0 Å². The molecule has 0 radical (unpaired) electrons. The monoisotopic (exact) mass is 334 g/mol. The number of ether oxygens (including phenoxy) is 1. The molecule has 0 fully saturated rings. The average molecular weight is 334 g/mol. The number of H-pyrrole nitrogens is 2. The van der Waals surface area contributed by atoms with E-state index in [1.807, 2.05) is 37.4 Å². The van der Waals surface area contributed by atoms with Crippen LogP contribution in [0, 0.1) is 6.92 Å². The van der Waals surface area contributed by atoms with Gasteiger partial charge in [-0.05, 0) is 43.7 Å². The summed E-state index contributed by atoms with van der Waals surface area (Å²) in [5, 5.41) is 1.14. The molecule has 4 rings (SSSR count). The molecule has 1 unspecified atom stereocenters. The van der Waals surface area contributed by atoms with Crippen LogP contribution in [0.25, 0.3) is 21.9 Å². The molecule has 0 aliphatic rings. The van der Waals surface area contributed by atoms with Gasteiger partial charge in [-0.2, -0.15) is 0 Å². The highest BCUT2D eigenvalue weighted by atomic mass is 16.5. The van der Waals surface area contributed by atoms with Gasteiger partial charge in [-0.3, -0.25) is 0 Å². The van der Waals surface area contributed by atoms with Crippen LogP contribution in [0.5, 0.6) is 5.75 Å². The van der Waals surface area contributed by atoms with Crippen molar-refractivity contribution >= 4 is 21.9 Å². The van der Waals surface area contributed by atoms with Gasteiger partial charge in [0.25, 0.3) is 0 Å². The molecule has 4 aromatic rings. The van der Waals surface area contributed by atoms with Crippen LogP contribution in [0.4, 0.5) is 0 Å². The highest BCUT2D eigenvalue weighted by Gasteiger charge is 2.24. The van der Waals surface area contributed by atoms with Crippen molar-refractivity contribution in [2.24, 2.45) is 5.73 Å². The Hall–Kier alpha value is -2.79. The highest BCUT2D eigenvalue weighted by molar-refractivity contribution is 5.89. The fourth-order valence-corrected chi connectivity index (χ4v) is 3.54. The van der Waals surface area contributed by atoms with Gasteiger partial charge >= 0.3 is 0 Å². The molecular weight excluding hydrogens is 312 g/mol. The summed E-state index contributed by atoms with van der Waals surface area (Å²) in [7, 11) is 0. The fraction of sp³-hybridized carbons (Fsp3) is 0.250. The Balaban J connectivity index is 1.95. The van der Waals surface area contributed by atoms with Crippen LogP contribution < -0.4 is 10.5 Å². The molecule has 2 aromatic carbocycles. The summed E-state index contributed by atoms with van der Waals surface area (Å²) in [6.45, 7) is 5.14. The first-order valence-corrected chi connectivity index (χ1v) is 8.61. The van der Waals surface area contributed by atoms with E-state index in [4.69, 9.17) is 15.5 Å². The van der Waals surface area contributed by atoms with Crippen LogP contribution in [0.2, 0.25) is 0 Å². The molecule has 0 amide bonds. The molecule has 25 heavy (non-hydrogen) atoms. The largest absolute Gasteiger partial charge is 0.494 e. The second-order valence-electron chi connectivity index (χ2n) is 6.23. The molecular formula is C20H22N4O. The first-order valence-electron chi connectivity index (χ1n) is 8.61. The Bertz CT molecular complexity index is 998. The number of nitrogens with two attached hydrogens (primary N) is 1. The van der Waals surface area contributed by atoms with E-state index in [0.717, 1.165) is 44.6 Å². The lowest BCUT2D eigenvalue weighted by molar-refractivity contribution is 0.335. The minimum Gasteiger partial charge on any atom is -0.494 e. The van der Waals surface area contributed by atoms with Gasteiger partial charge in [0.1, 0.15) is 11.6 Å². The smallest absolute Gasteiger partial charge is 0.124 e. The summed E-state index contributed by atoms with van der Waals surface area (Å²) in [5.41, 5.74) is 11.5. The Morgan fingerprint density at radius 2 is 2.08 bits per heavy atom. The van der Waals surface area contributed by atoms with E-state index in [1.165, 1.54) is 0 Å². The molecule has 2 aromatic heterocycles.